The van der Waals surface area contributed by atoms with Gasteiger partial charge in [-0.25, -0.2) is 0 Å². The van der Waals surface area contributed by atoms with E-state index < -0.39 is 71.5 Å². The lowest BCUT2D eigenvalue weighted by atomic mass is 9.87. The van der Waals surface area contributed by atoms with Gasteiger partial charge in [0.25, 0.3) is 5.91 Å². The minimum absolute atomic E-state index is 0.138. The maximum absolute atomic E-state index is 13.5. The van der Waals surface area contributed by atoms with Crippen molar-refractivity contribution in [1.29, 1.82) is 0 Å². The molecule has 0 heterocycles. The molecule has 0 aromatic rings. The van der Waals surface area contributed by atoms with Crippen molar-refractivity contribution in [2.75, 3.05) is 0 Å². The number of halogens is 19. The smallest absolute Gasteiger partial charge is 0.460 e. The molecule has 0 aliphatic carbocycles. The first-order chi connectivity index (χ1) is 15.2. The Bertz CT molecular complexity index is 861. The van der Waals surface area contributed by atoms with Crippen LogP contribution < -0.4 is 5.32 Å². The summed E-state index contributed by atoms with van der Waals surface area (Å²) in [4.78, 5) is 21.3. The monoisotopic (exact) mass is 585 g/mol. The predicted molar refractivity (Wildman–Crippen MR) is 70.9 cm³/mol. The van der Waals surface area contributed by atoms with Gasteiger partial charge in [-0.05, 0) is 6.92 Å². The van der Waals surface area contributed by atoms with Crippen LogP contribution in [-0.2, 0) is 9.59 Å². The lowest BCUT2D eigenvalue weighted by molar-refractivity contribution is -0.467. The Morgan fingerprint density at radius 1 is 0.528 bits per heavy atom. The molecule has 0 unspecified atom stereocenters. The molecule has 1 amide bonds. The zero-order valence-corrected chi connectivity index (χ0v) is 16.0. The molecule has 0 saturated heterocycles. The van der Waals surface area contributed by atoms with Crippen molar-refractivity contribution in [3.05, 3.63) is 0 Å². The van der Waals surface area contributed by atoms with Gasteiger partial charge in [-0.2, -0.15) is 83.4 Å². The van der Waals surface area contributed by atoms with Crippen LogP contribution in [0.15, 0.2) is 0 Å². The zero-order valence-electron chi connectivity index (χ0n) is 16.0. The molecule has 214 valence electrons. The van der Waals surface area contributed by atoms with Gasteiger partial charge in [0, 0.05) is 0 Å². The highest BCUT2D eigenvalue weighted by molar-refractivity contribution is 5.88. The van der Waals surface area contributed by atoms with Crippen molar-refractivity contribution < 1.29 is 98.1 Å². The van der Waals surface area contributed by atoms with Gasteiger partial charge in [0.05, 0.1) is 0 Å². The molecule has 0 bridgehead atoms. The number of carbonyl (C=O) groups excluding carboxylic acids is 1. The van der Waals surface area contributed by atoms with Crippen molar-refractivity contribution in [3.63, 3.8) is 0 Å². The van der Waals surface area contributed by atoms with Gasteiger partial charge in [-0.1, -0.05) is 0 Å². The minimum atomic E-state index is -9.11. The molecule has 0 fully saturated rings. The van der Waals surface area contributed by atoms with Crippen molar-refractivity contribution in [3.8, 4) is 0 Å². The summed E-state index contributed by atoms with van der Waals surface area (Å²) in [5.41, 5.74) is 0. The fourth-order valence-electron chi connectivity index (χ4n) is 1.85. The minimum Gasteiger partial charge on any atom is -0.480 e. The van der Waals surface area contributed by atoms with Crippen LogP contribution in [0.2, 0.25) is 0 Å². The van der Waals surface area contributed by atoms with Gasteiger partial charge >= 0.3 is 59.5 Å². The van der Waals surface area contributed by atoms with Gasteiger partial charge in [0.2, 0.25) is 0 Å². The fourth-order valence-corrected chi connectivity index (χ4v) is 1.85. The standard InChI is InChI=1S/C13H6F19NO3/c1-2(3(34)35)33-4(36)5(14,15)6(16,17)7(18,19)8(20,21)9(22,23)10(24,25)11(26,27)12(28,29)13(30,31)32/h2H,1H3,(H,33,36)(H,34,35)/t2-/m0/s1. The highest BCUT2D eigenvalue weighted by atomic mass is 19.4. The quantitative estimate of drug-likeness (QED) is 0.346. The lowest BCUT2D eigenvalue weighted by Gasteiger charge is -2.43. The third kappa shape index (κ3) is 4.24. The molecule has 4 nitrogen and oxygen atoms in total. The number of alkyl halides is 19. The number of carboxylic acids is 1. The third-order valence-electron chi connectivity index (χ3n) is 4.12. The summed E-state index contributed by atoms with van der Waals surface area (Å²) >= 11 is 0. The second-order valence-corrected chi connectivity index (χ2v) is 6.63. The normalized spacial score (nSPS) is 16.6. The van der Waals surface area contributed by atoms with E-state index in [2.05, 4.69) is 0 Å². The first-order valence-electron chi connectivity index (χ1n) is 7.88. The van der Waals surface area contributed by atoms with E-state index in [1.54, 1.807) is 0 Å². The third-order valence-corrected chi connectivity index (χ3v) is 4.12. The largest absolute Gasteiger partial charge is 0.480 e. The summed E-state index contributed by atoms with van der Waals surface area (Å²) in [5.74, 6) is -75.4. The summed E-state index contributed by atoms with van der Waals surface area (Å²) in [5, 5.41) is 8.53. The van der Waals surface area contributed by atoms with E-state index in [1.807, 2.05) is 0 Å². The highest BCUT2D eigenvalue weighted by Gasteiger charge is 2.97. The Kier molecular flexibility index (Phi) is 8.01. The zero-order chi connectivity index (χ0) is 29.9. The molecule has 1 atom stereocenters. The van der Waals surface area contributed by atoms with Gasteiger partial charge in [0.15, 0.2) is 0 Å². The van der Waals surface area contributed by atoms with Crippen LogP contribution in [0.3, 0.4) is 0 Å². The molecule has 0 aromatic heterocycles. The topological polar surface area (TPSA) is 66.4 Å². The summed E-state index contributed by atoms with van der Waals surface area (Å²) in [6.07, 6.45) is -7.98. The van der Waals surface area contributed by atoms with Crippen LogP contribution in [0.1, 0.15) is 6.92 Å². The molecule has 0 saturated carbocycles. The maximum Gasteiger partial charge on any atom is 0.460 e. The van der Waals surface area contributed by atoms with E-state index in [0.29, 0.717) is 0 Å². The van der Waals surface area contributed by atoms with E-state index in [1.165, 1.54) is 0 Å². The average Bonchev–Trinajstić information content (AvgIpc) is 2.65. The molecule has 23 heteroatoms. The van der Waals surface area contributed by atoms with Crippen LogP contribution >= 0.6 is 0 Å². The number of carbonyl (C=O) groups is 2. The van der Waals surface area contributed by atoms with E-state index in [4.69, 9.17) is 5.11 Å². The van der Waals surface area contributed by atoms with E-state index in [0.717, 1.165) is 0 Å². The van der Waals surface area contributed by atoms with Gasteiger partial charge < -0.3 is 10.4 Å². The predicted octanol–water partition coefficient (Wildman–Crippen LogP) is 5.22. The molecule has 36 heavy (non-hydrogen) atoms. The van der Waals surface area contributed by atoms with Crippen molar-refractivity contribution in [2.45, 2.75) is 66.5 Å². The van der Waals surface area contributed by atoms with E-state index in [-0.39, 0.29) is 12.2 Å². The van der Waals surface area contributed by atoms with E-state index in [9.17, 15) is 93.0 Å². The summed E-state index contributed by atoms with van der Waals surface area (Å²) in [7, 11) is 0. The van der Waals surface area contributed by atoms with E-state index >= 15 is 0 Å². The number of hydrogen-bond acceptors (Lipinski definition) is 2. The number of aliphatic carboxylic acids is 1. The summed E-state index contributed by atoms with van der Waals surface area (Å²) in [6.45, 7) is 0.138. The van der Waals surface area contributed by atoms with Crippen molar-refractivity contribution in [1.82, 2.24) is 5.32 Å². The number of rotatable bonds is 10. The second-order valence-electron chi connectivity index (χ2n) is 6.63. The number of amides is 1. The van der Waals surface area contributed by atoms with Crippen LogP contribution in [0, 0.1) is 0 Å². The Balaban J connectivity index is 6.89. The number of nitrogens with one attached hydrogen (secondary N) is 1. The Morgan fingerprint density at radius 3 is 1.03 bits per heavy atom. The first-order valence-corrected chi connectivity index (χ1v) is 7.88. The lowest BCUT2D eigenvalue weighted by Crippen LogP contribution is -2.76. The van der Waals surface area contributed by atoms with Gasteiger partial charge in [-0.15, -0.1) is 0 Å². The molecule has 0 radical (unpaired) electrons. The van der Waals surface area contributed by atoms with Crippen LogP contribution in [0.25, 0.3) is 0 Å². The van der Waals surface area contributed by atoms with Crippen LogP contribution in [-0.4, -0.2) is 76.6 Å². The number of hydrogen-bond donors (Lipinski definition) is 2. The Labute approximate surface area is 183 Å². The first kappa shape index (κ1) is 33.6. The summed E-state index contributed by atoms with van der Waals surface area (Å²) in [6, 6.07) is -2.73. The molecule has 0 rings (SSSR count). The molecule has 0 aliphatic heterocycles. The van der Waals surface area contributed by atoms with Crippen molar-refractivity contribution >= 4 is 11.9 Å². The molecule has 0 spiro atoms. The highest BCUT2D eigenvalue weighted by Crippen LogP contribution is 2.65. The Morgan fingerprint density at radius 2 is 0.778 bits per heavy atom. The van der Waals surface area contributed by atoms with Gasteiger partial charge in [-0.3, -0.25) is 9.59 Å². The molecule has 0 aliphatic rings. The molecule has 0 aromatic carbocycles. The Hall–Kier alpha value is -2.39. The average molecular weight is 585 g/mol. The molecule has 2 N–H and O–H groups in total. The van der Waals surface area contributed by atoms with Crippen LogP contribution in [0.4, 0.5) is 83.4 Å². The van der Waals surface area contributed by atoms with Crippen LogP contribution in [0.5, 0.6) is 0 Å². The second kappa shape index (κ2) is 8.58. The van der Waals surface area contributed by atoms with Gasteiger partial charge in [0.1, 0.15) is 6.04 Å². The fraction of sp³-hybridized carbons (Fsp3) is 0.846. The molecular weight excluding hydrogens is 579 g/mol. The number of carboxylic acid groups (broad SMARTS) is 1. The SMILES string of the molecule is C[C@H](NC(=O)C(F)(F)C(F)(F)C(F)(F)C(F)(F)C(F)(F)C(F)(F)C(F)(F)C(F)(F)C(F)(F)F)C(=O)O. The summed E-state index contributed by atoms with van der Waals surface area (Å²) < 4.78 is 249. The maximum atomic E-state index is 13.5. The molecular formula is C13H6F19NO3. The van der Waals surface area contributed by atoms with Crippen molar-refractivity contribution in [2.24, 2.45) is 0 Å².